The van der Waals surface area contributed by atoms with Crippen LogP contribution in [-0.2, 0) is 9.59 Å². The van der Waals surface area contributed by atoms with Gasteiger partial charge in [-0.25, -0.2) is 13.2 Å². The third-order valence-electron chi connectivity index (χ3n) is 4.21. The average molecular weight is 394 g/mol. The summed E-state index contributed by atoms with van der Waals surface area (Å²) in [5.74, 6) is -5.14. The quantitative estimate of drug-likeness (QED) is 0.594. The molecule has 0 aliphatic heterocycles. The van der Waals surface area contributed by atoms with Crippen LogP contribution in [0.3, 0.4) is 0 Å². The average Bonchev–Trinajstić information content (AvgIpc) is 2.67. The second-order valence-electron chi connectivity index (χ2n) is 6.70. The minimum Gasteiger partial charge on any atom is -0.351 e. The first-order chi connectivity index (χ1) is 13.3. The number of carbonyl (C=O) groups excluding carboxylic acids is 2. The number of halogens is 3. The fourth-order valence-electron chi connectivity index (χ4n) is 2.66. The monoisotopic (exact) mass is 394 g/mol. The van der Waals surface area contributed by atoms with Crippen LogP contribution in [-0.4, -0.2) is 38.5 Å². The summed E-state index contributed by atoms with van der Waals surface area (Å²) in [4.78, 5) is 24.6. The van der Waals surface area contributed by atoms with Crippen molar-refractivity contribution in [2.75, 3.05) is 32.0 Å². The molecule has 0 fully saturated rings. The van der Waals surface area contributed by atoms with E-state index < -0.39 is 29.0 Å². The molecule has 2 atom stereocenters. The molecule has 0 heterocycles. The molecular weight excluding hydrogens is 371 g/mol. The molecule has 3 N–H and O–H groups in total. The highest BCUT2D eigenvalue weighted by atomic mass is 19.2. The maximum Gasteiger partial charge on any atom is 0.279 e. The first-order valence-corrected chi connectivity index (χ1v) is 8.84. The summed E-state index contributed by atoms with van der Waals surface area (Å²) in [5.41, 5.74) is 0.661. The lowest BCUT2D eigenvalue weighted by Gasteiger charge is -2.16. The number of anilines is 1. The number of rotatable bonds is 8. The van der Waals surface area contributed by atoms with Crippen LogP contribution in [0.2, 0.25) is 0 Å². The molecule has 0 bridgehead atoms. The normalized spacial score (nSPS) is 12.9. The Morgan fingerprint density at radius 3 is 2.29 bits per heavy atom. The molecule has 2 aromatic rings. The summed E-state index contributed by atoms with van der Waals surface area (Å²) in [6, 6.07) is 11.4. The molecule has 0 aliphatic carbocycles. The minimum atomic E-state index is -1.65. The van der Waals surface area contributed by atoms with Gasteiger partial charge in [0.05, 0.1) is 12.7 Å². The van der Waals surface area contributed by atoms with Crippen LogP contribution in [0.4, 0.5) is 18.9 Å². The van der Waals surface area contributed by atoms with Gasteiger partial charge >= 0.3 is 0 Å². The molecule has 150 valence electrons. The third kappa shape index (κ3) is 6.09. The van der Waals surface area contributed by atoms with Crippen molar-refractivity contribution < 1.29 is 27.7 Å². The molecule has 0 radical (unpaired) electrons. The smallest absolute Gasteiger partial charge is 0.279 e. The largest absolute Gasteiger partial charge is 0.351 e. The number of carbonyl (C=O) groups is 2. The molecule has 0 aromatic heterocycles. The Labute approximate surface area is 161 Å². The standard InChI is InChI=1S/C20H22F3N3O2/c1-13(14-6-4-3-5-7-14)10-24-17(27)11-26(2)12-18(28)25-16-9-8-15(21)19(22)20(16)23/h3-9,13H,10-12H2,1-2H3,(H,24,27)(H,25,28)/p+1/t13-/m1/s1. The lowest BCUT2D eigenvalue weighted by atomic mass is 10.0. The fourth-order valence-corrected chi connectivity index (χ4v) is 2.66. The van der Waals surface area contributed by atoms with Crippen LogP contribution in [0.25, 0.3) is 0 Å². The van der Waals surface area contributed by atoms with E-state index in [1.165, 1.54) is 0 Å². The summed E-state index contributed by atoms with van der Waals surface area (Å²) < 4.78 is 39.7. The highest BCUT2D eigenvalue weighted by Gasteiger charge is 2.18. The van der Waals surface area contributed by atoms with Gasteiger partial charge in [-0.05, 0) is 23.6 Å². The summed E-state index contributed by atoms with van der Waals surface area (Å²) in [5, 5.41) is 5.00. The fraction of sp³-hybridized carbons (Fsp3) is 0.300. The molecule has 0 aliphatic rings. The molecule has 0 saturated heterocycles. The van der Waals surface area contributed by atoms with Crippen molar-refractivity contribution in [2.45, 2.75) is 12.8 Å². The van der Waals surface area contributed by atoms with E-state index in [9.17, 15) is 22.8 Å². The Morgan fingerprint density at radius 1 is 0.964 bits per heavy atom. The SMILES string of the molecule is C[C@H](CNC(=O)C[NH+](C)CC(=O)Nc1ccc(F)c(F)c1F)c1ccccc1. The van der Waals surface area contributed by atoms with Gasteiger partial charge in [0.1, 0.15) is 0 Å². The Balaban J connectivity index is 1.78. The first-order valence-electron chi connectivity index (χ1n) is 8.84. The summed E-state index contributed by atoms with van der Waals surface area (Å²) in [6.07, 6.45) is 0. The molecule has 2 aromatic carbocycles. The second-order valence-corrected chi connectivity index (χ2v) is 6.70. The van der Waals surface area contributed by atoms with E-state index in [-0.39, 0.29) is 24.9 Å². The molecule has 0 spiro atoms. The number of amides is 2. The van der Waals surface area contributed by atoms with E-state index in [0.717, 1.165) is 17.7 Å². The van der Waals surface area contributed by atoms with Crippen molar-refractivity contribution >= 4 is 17.5 Å². The van der Waals surface area contributed by atoms with Gasteiger partial charge in [-0.15, -0.1) is 0 Å². The van der Waals surface area contributed by atoms with Gasteiger partial charge in [0.25, 0.3) is 11.8 Å². The molecule has 0 saturated carbocycles. The van der Waals surface area contributed by atoms with Crippen LogP contribution >= 0.6 is 0 Å². The van der Waals surface area contributed by atoms with Gasteiger partial charge in [0.15, 0.2) is 30.5 Å². The maximum absolute atomic E-state index is 13.6. The number of nitrogens with one attached hydrogen (secondary N) is 3. The molecule has 28 heavy (non-hydrogen) atoms. The number of likely N-dealkylation sites (N-methyl/N-ethyl adjacent to an activating group) is 1. The van der Waals surface area contributed by atoms with Gasteiger partial charge in [-0.1, -0.05) is 37.3 Å². The summed E-state index contributed by atoms with van der Waals surface area (Å²) in [7, 11) is 1.63. The van der Waals surface area contributed by atoms with E-state index >= 15 is 0 Å². The highest BCUT2D eigenvalue weighted by molar-refractivity contribution is 5.91. The predicted molar refractivity (Wildman–Crippen MR) is 99.4 cm³/mol. The molecular formula is C20H23F3N3O2+. The second kappa shape index (κ2) is 9.89. The van der Waals surface area contributed by atoms with E-state index in [4.69, 9.17) is 0 Å². The van der Waals surface area contributed by atoms with E-state index in [1.54, 1.807) is 7.05 Å². The van der Waals surface area contributed by atoms with Gasteiger partial charge in [0.2, 0.25) is 0 Å². The van der Waals surface area contributed by atoms with Crippen LogP contribution in [0.15, 0.2) is 42.5 Å². The molecule has 2 rings (SSSR count). The van der Waals surface area contributed by atoms with Gasteiger partial charge in [-0.3, -0.25) is 9.59 Å². The Kier molecular flexibility index (Phi) is 7.57. The number of hydrogen-bond donors (Lipinski definition) is 3. The summed E-state index contributed by atoms with van der Waals surface area (Å²) in [6.45, 7) is 2.35. The molecule has 2 amide bonds. The minimum absolute atomic E-state index is 0.0369. The maximum atomic E-state index is 13.6. The molecule has 1 unspecified atom stereocenters. The third-order valence-corrected chi connectivity index (χ3v) is 4.21. The van der Waals surface area contributed by atoms with Crippen LogP contribution in [0, 0.1) is 17.5 Å². The van der Waals surface area contributed by atoms with Crippen molar-refractivity contribution in [3.8, 4) is 0 Å². The van der Waals surface area contributed by atoms with Crippen molar-refractivity contribution in [2.24, 2.45) is 0 Å². The van der Waals surface area contributed by atoms with Crippen molar-refractivity contribution in [3.05, 3.63) is 65.5 Å². The zero-order valence-electron chi connectivity index (χ0n) is 15.7. The first kappa shape index (κ1) is 21.4. The predicted octanol–water partition coefficient (Wildman–Crippen LogP) is 1.48. The number of benzene rings is 2. The Bertz CT molecular complexity index is 831. The van der Waals surface area contributed by atoms with Crippen molar-refractivity contribution in [1.82, 2.24) is 5.32 Å². The Hall–Kier alpha value is -2.87. The topological polar surface area (TPSA) is 62.6 Å². The molecule has 5 nitrogen and oxygen atoms in total. The van der Waals surface area contributed by atoms with Crippen LogP contribution in [0.1, 0.15) is 18.4 Å². The van der Waals surface area contributed by atoms with Crippen molar-refractivity contribution in [3.63, 3.8) is 0 Å². The van der Waals surface area contributed by atoms with Crippen LogP contribution in [0.5, 0.6) is 0 Å². The van der Waals surface area contributed by atoms with E-state index in [0.29, 0.717) is 11.4 Å². The van der Waals surface area contributed by atoms with Crippen molar-refractivity contribution in [1.29, 1.82) is 0 Å². The zero-order chi connectivity index (χ0) is 20.7. The lowest BCUT2D eigenvalue weighted by molar-refractivity contribution is -0.862. The highest BCUT2D eigenvalue weighted by Crippen LogP contribution is 2.19. The Morgan fingerprint density at radius 2 is 1.61 bits per heavy atom. The number of quaternary nitrogens is 1. The zero-order valence-corrected chi connectivity index (χ0v) is 15.7. The lowest BCUT2D eigenvalue weighted by Crippen LogP contribution is -3.11. The van der Waals surface area contributed by atoms with Gasteiger partial charge in [0, 0.05) is 6.54 Å². The molecule has 8 heteroatoms. The van der Waals surface area contributed by atoms with E-state index in [1.807, 2.05) is 37.3 Å². The van der Waals surface area contributed by atoms with Crippen LogP contribution < -0.4 is 15.5 Å². The van der Waals surface area contributed by atoms with Gasteiger partial charge in [-0.2, -0.15) is 0 Å². The van der Waals surface area contributed by atoms with E-state index in [2.05, 4.69) is 10.6 Å². The number of hydrogen-bond acceptors (Lipinski definition) is 2. The van der Waals surface area contributed by atoms with Gasteiger partial charge < -0.3 is 15.5 Å². The summed E-state index contributed by atoms with van der Waals surface area (Å²) >= 11 is 0.